The lowest BCUT2D eigenvalue weighted by Crippen LogP contribution is -2.09. The van der Waals surface area contributed by atoms with Crippen molar-refractivity contribution in [3.05, 3.63) is 29.9 Å². The summed E-state index contributed by atoms with van der Waals surface area (Å²) in [6.45, 7) is 0. The van der Waals surface area contributed by atoms with Crippen molar-refractivity contribution < 1.29 is 13.9 Å². The Morgan fingerprint density at radius 3 is 3.00 bits per heavy atom. The maximum atomic E-state index is 10.9. The van der Waals surface area contributed by atoms with Gasteiger partial charge >= 0.3 is 5.97 Å². The standard InChI is InChI=1S/C10H10O3/c11-10-5-1-3-9(13-10)7-8-4-2-6-12-8/h2,4,6-7H,1,3,5H2/b9-7-. The van der Waals surface area contributed by atoms with Crippen LogP contribution in [0.3, 0.4) is 0 Å². The summed E-state index contributed by atoms with van der Waals surface area (Å²) >= 11 is 0. The van der Waals surface area contributed by atoms with Gasteiger partial charge in [0.1, 0.15) is 11.5 Å². The van der Waals surface area contributed by atoms with Gasteiger partial charge in [-0.2, -0.15) is 0 Å². The zero-order valence-corrected chi connectivity index (χ0v) is 7.16. The van der Waals surface area contributed by atoms with Crippen molar-refractivity contribution in [3.63, 3.8) is 0 Å². The maximum absolute atomic E-state index is 10.9. The van der Waals surface area contributed by atoms with Gasteiger partial charge in [0.15, 0.2) is 0 Å². The molecule has 1 aliphatic rings. The summed E-state index contributed by atoms with van der Waals surface area (Å²) in [6, 6.07) is 3.63. The molecule has 1 aliphatic heterocycles. The van der Waals surface area contributed by atoms with Crippen molar-refractivity contribution in [2.75, 3.05) is 0 Å². The van der Waals surface area contributed by atoms with E-state index in [2.05, 4.69) is 0 Å². The summed E-state index contributed by atoms with van der Waals surface area (Å²) in [5.74, 6) is 1.28. The van der Waals surface area contributed by atoms with Crippen molar-refractivity contribution in [3.8, 4) is 0 Å². The Hall–Kier alpha value is -1.51. The quantitative estimate of drug-likeness (QED) is 0.619. The summed E-state index contributed by atoms with van der Waals surface area (Å²) < 4.78 is 10.1. The molecule has 0 bridgehead atoms. The number of allylic oxidation sites excluding steroid dienone is 1. The van der Waals surface area contributed by atoms with E-state index < -0.39 is 0 Å². The number of carbonyl (C=O) groups excluding carboxylic acids is 1. The van der Waals surface area contributed by atoms with Gasteiger partial charge < -0.3 is 9.15 Å². The lowest BCUT2D eigenvalue weighted by atomic mass is 10.1. The van der Waals surface area contributed by atoms with Crippen LogP contribution in [0.4, 0.5) is 0 Å². The van der Waals surface area contributed by atoms with Crippen molar-refractivity contribution >= 4 is 12.0 Å². The summed E-state index contributed by atoms with van der Waals surface area (Å²) in [6.07, 6.45) is 5.56. The van der Waals surface area contributed by atoms with Gasteiger partial charge in [-0.25, -0.2) is 0 Å². The van der Waals surface area contributed by atoms with E-state index in [4.69, 9.17) is 9.15 Å². The summed E-state index contributed by atoms with van der Waals surface area (Å²) in [7, 11) is 0. The lowest BCUT2D eigenvalue weighted by molar-refractivity contribution is -0.141. The van der Waals surface area contributed by atoms with E-state index in [1.165, 1.54) is 0 Å². The molecular formula is C10H10O3. The normalized spacial score (nSPS) is 20.3. The number of esters is 1. The van der Waals surface area contributed by atoms with Crippen molar-refractivity contribution in [1.82, 2.24) is 0 Å². The number of ether oxygens (including phenoxy) is 1. The van der Waals surface area contributed by atoms with E-state index in [9.17, 15) is 4.79 Å². The zero-order valence-electron chi connectivity index (χ0n) is 7.16. The van der Waals surface area contributed by atoms with Gasteiger partial charge in [-0.15, -0.1) is 0 Å². The molecule has 13 heavy (non-hydrogen) atoms. The van der Waals surface area contributed by atoms with E-state index in [1.54, 1.807) is 18.4 Å². The van der Waals surface area contributed by atoms with E-state index in [1.807, 2.05) is 6.07 Å². The first-order valence-electron chi connectivity index (χ1n) is 4.29. The average Bonchev–Trinajstić information content (AvgIpc) is 2.57. The zero-order chi connectivity index (χ0) is 9.10. The van der Waals surface area contributed by atoms with Crippen LogP contribution in [-0.2, 0) is 9.53 Å². The van der Waals surface area contributed by atoms with E-state index in [-0.39, 0.29) is 5.97 Å². The summed E-state index contributed by atoms with van der Waals surface area (Å²) in [5.41, 5.74) is 0. The Labute approximate surface area is 76.0 Å². The molecule has 1 aromatic heterocycles. The third-order valence-electron chi connectivity index (χ3n) is 1.90. The average molecular weight is 178 g/mol. The van der Waals surface area contributed by atoms with Gasteiger partial charge in [-0.3, -0.25) is 4.79 Å². The monoisotopic (exact) mass is 178 g/mol. The highest BCUT2D eigenvalue weighted by atomic mass is 16.5. The Balaban J connectivity index is 2.11. The Kier molecular flexibility index (Phi) is 2.17. The predicted octanol–water partition coefficient (Wildman–Crippen LogP) is 2.35. The van der Waals surface area contributed by atoms with E-state index >= 15 is 0 Å². The van der Waals surface area contributed by atoms with Crippen LogP contribution in [-0.4, -0.2) is 5.97 Å². The minimum Gasteiger partial charge on any atom is -0.465 e. The third kappa shape index (κ3) is 1.99. The minimum absolute atomic E-state index is 0.149. The first kappa shape index (κ1) is 8.10. The number of hydrogen-bond donors (Lipinski definition) is 0. The predicted molar refractivity (Wildman–Crippen MR) is 46.6 cm³/mol. The molecule has 0 atom stereocenters. The van der Waals surface area contributed by atoms with Crippen molar-refractivity contribution in [2.24, 2.45) is 0 Å². The van der Waals surface area contributed by atoms with Gasteiger partial charge in [-0.05, 0) is 18.6 Å². The fourth-order valence-electron chi connectivity index (χ4n) is 1.29. The smallest absolute Gasteiger partial charge is 0.310 e. The summed E-state index contributed by atoms with van der Waals surface area (Å²) in [5, 5.41) is 0. The van der Waals surface area contributed by atoms with Crippen LogP contribution in [0, 0.1) is 0 Å². The molecule has 3 heteroatoms. The van der Waals surface area contributed by atoms with Gasteiger partial charge in [0.2, 0.25) is 0 Å². The molecule has 1 fully saturated rings. The molecule has 1 saturated heterocycles. The third-order valence-corrected chi connectivity index (χ3v) is 1.90. The number of carbonyl (C=O) groups is 1. The van der Waals surface area contributed by atoms with Gasteiger partial charge in [0, 0.05) is 18.9 Å². The first-order valence-corrected chi connectivity index (χ1v) is 4.29. The second-order valence-electron chi connectivity index (χ2n) is 2.95. The highest BCUT2D eigenvalue weighted by molar-refractivity contribution is 5.72. The fraction of sp³-hybridized carbons (Fsp3) is 0.300. The molecule has 0 saturated carbocycles. The molecule has 2 rings (SSSR count). The van der Waals surface area contributed by atoms with Crippen LogP contribution in [0.5, 0.6) is 0 Å². The fourth-order valence-corrected chi connectivity index (χ4v) is 1.29. The molecule has 0 radical (unpaired) electrons. The largest absolute Gasteiger partial charge is 0.465 e. The first-order chi connectivity index (χ1) is 6.34. The van der Waals surface area contributed by atoms with E-state index in [0.717, 1.165) is 18.6 Å². The number of furan rings is 1. The number of cyclic esters (lactones) is 1. The molecule has 2 heterocycles. The number of rotatable bonds is 1. The van der Waals surface area contributed by atoms with Crippen LogP contribution < -0.4 is 0 Å². The molecule has 0 spiro atoms. The number of hydrogen-bond acceptors (Lipinski definition) is 3. The summed E-state index contributed by atoms with van der Waals surface area (Å²) in [4.78, 5) is 10.9. The second-order valence-corrected chi connectivity index (χ2v) is 2.95. The van der Waals surface area contributed by atoms with Crippen LogP contribution in [0.2, 0.25) is 0 Å². The SMILES string of the molecule is O=C1CCC/C(=C/c2ccco2)O1. The van der Waals surface area contributed by atoms with Crippen molar-refractivity contribution in [1.29, 1.82) is 0 Å². The lowest BCUT2D eigenvalue weighted by Gasteiger charge is -2.12. The van der Waals surface area contributed by atoms with Gasteiger partial charge in [0.05, 0.1) is 6.26 Å². The molecule has 0 N–H and O–H groups in total. The molecule has 3 nitrogen and oxygen atoms in total. The molecular weight excluding hydrogens is 168 g/mol. The maximum Gasteiger partial charge on any atom is 0.310 e. The molecule has 0 aromatic carbocycles. The molecule has 0 amide bonds. The minimum atomic E-state index is -0.149. The van der Waals surface area contributed by atoms with Crippen LogP contribution in [0.1, 0.15) is 25.0 Å². The highest BCUT2D eigenvalue weighted by Gasteiger charge is 2.14. The van der Waals surface area contributed by atoms with Crippen LogP contribution in [0.15, 0.2) is 28.6 Å². The van der Waals surface area contributed by atoms with E-state index in [0.29, 0.717) is 12.2 Å². The molecule has 68 valence electrons. The molecule has 1 aromatic rings. The van der Waals surface area contributed by atoms with Crippen LogP contribution in [0.25, 0.3) is 6.08 Å². The second kappa shape index (κ2) is 3.47. The van der Waals surface area contributed by atoms with Crippen LogP contribution >= 0.6 is 0 Å². The topological polar surface area (TPSA) is 39.4 Å². The highest BCUT2D eigenvalue weighted by Crippen LogP contribution is 2.20. The molecule has 0 aliphatic carbocycles. The Morgan fingerprint density at radius 1 is 1.38 bits per heavy atom. The van der Waals surface area contributed by atoms with Gasteiger partial charge in [-0.1, -0.05) is 0 Å². The Morgan fingerprint density at radius 2 is 2.31 bits per heavy atom. The van der Waals surface area contributed by atoms with Crippen molar-refractivity contribution in [2.45, 2.75) is 19.3 Å². The molecule has 0 unspecified atom stereocenters. The Bertz CT molecular complexity index is 322. The van der Waals surface area contributed by atoms with Gasteiger partial charge in [0.25, 0.3) is 0 Å².